The largest absolute Gasteiger partial charge is 0.466 e. The molecule has 0 radical (unpaired) electrons. The first-order chi connectivity index (χ1) is 12.8. The van der Waals surface area contributed by atoms with Crippen LogP contribution in [0.25, 0.3) is 0 Å². The summed E-state index contributed by atoms with van der Waals surface area (Å²) < 4.78 is 9.49. The van der Waals surface area contributed by atoms with Gasteiger partial charge >= 0.3 is 11.9 Å². The number of imide groups is 1. The van der Waals surface area contributed by atoms with Crippen LogP contribution in [0.3, 0.4) is 0 Å². The van der Waals surface area contributed by atoms with Crippen molar-refractivity contribution in [1.82, 2.24) is 0 Å². The van der Waals surface area contributed by atoms with Crippen LogP contribution < -0.4 is 4.90 Å². The Bertz CT molecular complexity index is 970. The van der Waals surface area contributed by atoms with Crippen molar-refractivity contribution in [3.05, 3.63) is 64.2 Å². The van der Waals surface area contributed by atoms with Gasteiger partial charge < -0.3 is 9.47 Å². The molecule has 0 fully saturated rings. The average Bonchev–Trinajstić information content (AvgIpc) is 2.91. The van der Waals surface area contributed by atoms with Crippen LogP contribution in [0, 0.1) is 0 Å². The molecule has 138 valence electrons. The van der Waals surface area contributed by atoms with E-state index in [1.54, 1.807) is 24.3 Å². The van der Waals surface area contributed by atoms with Gasteiger partial charge in [-0.15, -0.1) is 0 Å². The fourth-order valence-electron chi connectivity index (χ4n) is 2.66. The average molecular weight is 388 g/mol. The molecule has 3 rings (SSSR count). The molecule has 0 aromatic heterocycles. The summed E-state index contributed by atoms with van der Waals surface area (Å²) in [5.41, 5.74) is 0.498. The van der Waals surface area contributed by atoms with Gasteiger partial charge in [-0.05, 0) is 37.3 Å². The van der Waals surface area contributed by atoms with Crippen LogP contribution in [-0.2, 0) is 14.3 Å². The zero-order valence-corrected chi connectivity index (χ0v) is 15.1. The number of amides is 2. The van der Waals surface area contributed by atoms with Gasteiger partial charge in [0.15, 0.2) is 6.10 Å². The minimum Gasteiger partial charge on any atom is -0.466 e. The predicted octanol–water partition coefficient (Wildman–Crippen LogP) is 2.86. The maximum atomic E-state index is 12.7. The number of nitrogens with zero attached hydrogens (tertiary/aromatic N) is 1. The number of para-hydroxylation sites is 1. The lowest BCUT2D eigenvalue weighted by molar-refractivity contribution is -0.149. The molecular weight excluding hydrogens is 374 g/mol. The lowest BCUT2D eigenvalue weighted by Gasteiger charge is -2.15. The van der Waals surface area contributed by atoms with E-state index in [1.807, 2.05) is 0 Å². The lowest BCUT2D eigenvalue weighted by atomic mass is 10.1. The summed E-state index contributed by atoms with van der Waals surface area (Å²) in [4.78, 5) is 49.9. The minimum absolute atomic E-state index is 0.0339. The zero-order valence-electron chi connectivity index (χ0n) is 14.4. The second-order valence-electron chi connectivity index (χ2n) is 5.73. The standard InChI is InChI=1S/C19H14ClNO6/c1-10(18(24)26-2)27-19(25)11-7-8-12-13(9-11)17(23)21(16(12)22)15-6-4-3-5-14(15)20/h3-10H,1-2H3. The normalized spacial score (nSPS) is 14.0. The number of anilines is 1. The van der Waals surface area contributed by atoms with Gasteiger partial charge in [0, 0.05) is 0 Å². The van der Waals surface area contributed by atoms with Crippen molar-refractivity contribution < 1.29 is 28.7 Å². The maximum absolute atomic E-state index is 12.7. The number of hydrogen-bond acceptors (Lipinski definition) is 6. The van der Waals surface area contributed by atoms with Crippen LogP contribution in [-0.4, -0.2) is 37.0 Å². The minimum atomic E-state index is -1.10. The molecule has 0 spiro atoms. The summed E-state index contributed by atoms with van der Waals surface area (Å²) in [6.45, 7) is 1.37. The topological polar surface area (TPSA) is 90.0 Å². The van der Waals surface area contributed by atoms with Gasteiger partial charge in [0.05, 0.1) is 34.5 Å². The van der Waals surface area contributed by atoms with Crippen molar-refractivity contribution >= 4 is 41.0 Å². The first-order valence-corrected chi connectivity index (χ1v) is 8.29. The van der Waals surface area contributed by atoms with Gasteiger partial charge in [-0.3, -0.25) is 9.59 Å². The van der Waals surface area contributed by atoms with Crippen LogP contribution in [0.5, 0.6) is 0 Å². The highest BCUT2D eigenvalue weighted by Gasteiger charge is 2.38. The molecule has 1 aliphatic heterocycles. The Kier molecular flexibility index (Phi) is 4.96. The SMILES string of the molecule is COC(=O)C(C)OC(=O)c1ccc2c(c1)C(=O)N(c1ccccc1Cl)C2=O. The van der Waals surface area contributed by atoms with Gasteiger partial charge in [-0.2, -0.15) is 0 Å². The quantitative estimate of drug-likeness (QED) is 0.592. The number of halogens is 1. The number of rotatable bonds is 4. The lowest BCUT2D eigenvalue weighted by Crippen LogP contribution is -2.29. The van der Waals surface area contributed by atoms with Gasteiger partial charge in [-0.25, -0.2) is 14.5 Å². The molecule has 0 aliphatic carbocycles. The molecule has 2 amide bonds. The van der Waals surface area contributed by atoms with Crippen LogP contribution in [0.2, 0.25) is 5.02 Å². The van der Waals surface area contributed by atoms with Gasteiger partial charge in [-0.1, -0.05) is 23.7 Å². The van der Waals surface area contributed by atoms with Crippen molar-refractivity contribution in [2.24, 2.45) is 0 Å². The Labute approximate surface area is 159 Å². The van der Waals surface area contributed by atoms with E-state index in [1.165, 1.54) is 32.2 Å². The van der Waals surface area contributed by atoms with E-state index in [0.717, 1.165) is 4.90 Å². The van der Waals surface area contributed by atoms with Gasteiger partial charge in [0.1, 0.15) is 0 Å². The number of carbonyl (C=O) groups is 4. The fraction of sp³-hybridized carbons (Fsp3) is 0.158. The Morgan fingerprint density at radius 2 is 1.70 bits per heavy atom. The molecule has 8 heteroatoms. The molecule has 1 aliphatic rings. The summed E-state index contributed by atoms with van der Waals surface area (Å²) in [7, 11) is 1.18. The molecule has 1 heterocycles. The molecule has 0 saturated carbocycles. The Morgan fingerprint density at radius 1 is 1.04 bits per heavy atom. The van der Waals surface area contributed by atoms with Crippen molar-refractivity contribution in [2.45, 2.75) is 13.0 Å². The van der Waals surface area contributed by atoms with E-state index in [4.69, 9.17) is 16.3 Å². The third kappa shape index (κ3) is 3.29. The smallest absolute Gasteiger partial charge is 0.346 e. The molecule has 1 unspecified atom stereocenters. The zero-order chi connectivity index (χ0) is 19.7. The number of hydrogen-bond donors (Lipinski definition) is 0. The van der Waals surface area contributed by atoms with Crippen LogP contribution in [0.1, 0.15) is 38.0 Å². The molecule has 0 saturated heterocycles. The molecule has 7 nitrogen and oxygen atoms in total. The third-order valence-corrected chi connectivity index (χ3v) is 4.35. The van der Waals surface area contributed by atoms with Crippen molar-refractivity contribution in [3.8, 4) is 0 Å². The Hall–Kier alpha value is -3.19. The van der Waals surface area contributed by atoms with E-state index in [2.05, 4.69) is 4.74 Å². The highest BCUT2D eigenvalue weighted by molar-refractivity contribution is 6.39. The maximum Gasteiger partial charge on any atom is 0.346 e. The number of methoxy groups -OCH3 is 1. The van der Waals surface area contributed by atoms with Crippen LogP contribution in [0.15, 0.2) is 42.5 Å². The molecule has 0 bridgehead atoms. The van der Waals surface area contributed by atoms with Crippen LogP contribution in [0.4, 0.5) is 5.69 Å². The third-order valence-electron chi connectivity index (χ3n) is 4.03. The Balaban J connectivity index is 1.91. The van der Waals surface area contributed by atoms with E-state index in [9.17, 15) is 19.2 Å². The molecule has 1 atom stereocenters. The summed E-state index contributed by atoms with van der Waals surface area (Å²) in [5, 5.41) is 0.249. The molecule has 27 heavy (non-hydrogen) atoms. The monoisotopic (exact) mass is 387 g/mol. The van der Waals surface area contributed by atoms with E-state index >= 15 is 0 Å². The number of benzene rings is 2. The van der Waals surface area contributed by atoms with E-state index in [-0.39, 0.29) is 27.4 Å². The van der Waals surface area contributed by atoms with E-state index < -0.39 is 29.9 Å². The van der Waals surface area contributed by atoms with Crippen molar-refractivity contribution in [1.29, 1.82) is 0 Å². The second kappa shape index (κ2) is 7.20. The number of esters is 2. The molecule has 2 aromatic carbocycles. The van der Waals surface area contributed by atoms with Crippen molar-refractivity contribution in [2.75, 3.05) is 12.0 Å². The van der Waals surface area contributed by atoms with E-state index in [0.29, 0.717) is 0 Å². The second-order valence-corrected chi connectivity index (χ2v) is 6.14. The van der Waals surface area contributed by atoms with Crippen LogP contribution >= 0.6 is 11.6 Å². The number of ether oxygens (including phenoxy) is 2. The Morgan fingerprint density at radius 3 is 2.37 bits per heavy atom. The van der Waals surface area contributed by atoms with Gasteiger partial charge in [0.2, 0.25) is 0 Å². The fourth-order valence-corrected chi connectivity index (χ4v) is 2.88. The number of fused-ring (bicyclic) bond motifs is 1. The summed E-state index contributed by atoms with van der Waals surface area (Å²) >= 11 is 6.10. The first kappa shape index (κ1) is 18.6. The highest BCUT2D eigenvalue weighted by Crippen LogP contribution is 2.33. The summed E-state index contributed by atoms with van der Waals surface area (Å²) in [6.07, 6.45) is -1.10. The summed E-state index contributed by atoms with van der Waals surface area (Å²) in [5.74, 6) is -2.66. The summed E-state index contributed by atoms with van der Waals surface area (Å²) in [6, 6.07) is 10.4. The molecule has 2 aromatic rings. The number of carbonyl (C=O) groups excluding carboxylic acids is 4. The first-order valence-electron chi connectivity index (χ1n) is 7.91. The van der Waals surface area contributed by atoms with Gasteiger partial charge in [0.25, 0.3) is 11.8 Å². The molecule has 0 N–H and O–H groups in total. The predicted molar refractivity (Wildman–Crippen MR) is 95.9 cm³/mol. The molecular formula is C19H14ClNO6. The highest BCUT2D eigenvalue weighted by atomic mass is 35.5. The van der Waals surface area contributed by atoms with Crippen molar-refractivity contribution in [3.63, 3.8) is 0 Å².